The van der Waals surface area contributed by atoms with Gasteiger partial charge in [0.25, 0.3) is 5.91 Å². The van der Waals surface area contributed by atoms with E-state index in [0.29, 0.717) is 6.61 Å². The summed E-state index contributed by atoms with van der Waals surface area (Å²) in [6.45, 7) is 0.294. The number of carbonyl (C=O) groups is 1. The Morgan fingerprint density at radius 3 is 2.88 bits per heavy atom. The number of thiophene rings is 1. The van der Waals surface area contributed by atoms with Gasteiger partial charge in [-0.3, -0.25) is 14.9 Å². The molecule has 0 bridgehead atoms. The Morgan fingerprint density at radius 1 is 1.71 bits per heavy atom. The number of halogens is 1. The molecule has 0 aliphatic rings. The van der Waals surface area contributed by atoms with Crippen molar-refractivity contribution in [3.63, 3.8) is 0 Å². The molecule has 6 nitrogen and oxygen atoms in total. The summed E-state index contributed by atoms with van der Waals surface area (Å²) in [6.07, 6.45) is 0. The molecule has 1 aromatic rings. The van der Waals surface area contributed by atoms with E-state index < -0.39 is 4.92 Å². The Hall–Kier alpha value is -1.18. The van der Waals surface area contributed by atoms with Crippen LogP contribution in [0.4, 0.5) is 5.00 Å². The van der Waals surface area contributed by atoms with Gasteiger partial charge in [0, 0.05) is 19.1 Å². The highest BCUT2D eigenvalue weighted by molar-refractivity contribution is 7.17. The van der Waals surface area contributed by atoms with Crippen LogP contribution in [0.2, 0.25) is 0 Å². The summed E-state index contributed by atoms with van der Waals surface area (Å²) in [5, 5.41) is 13.0. The number of amides is 1. The molecule has 1 amide bonds. The smallest absolute Gasteiger partial charge is 0.324 e. The molecule has 1 rings (SSSR count). The van der Waals surface area contributed by atoms with Crippen LogP contribution in [0, 0.1) is 10.1 Å². The van der Waals surface area contributed by atoms with Crippen LogP contribution in [0.25, 0.3) is 0 Å². The fourth-order valence-corrected chi connectivity index (χ4v) is 2.02. The van der Waals surface area contributed by atoms with Gasteiger partial charge in [-0.1, -0.05) is 11.3 Å². The highest BCUT2D eigenvalue weighted by Gasteiger charge is 2.17. The molecule has 0 aliphatic heterocycles. The number of rotatable bonds is 6. The topological polar surface area (TPSA) is 81.5 Å². The second kappa shape index (κ2) is 6.53. The van der Waals surface area contributed by atoms with Gasteiger partial charge in [0.1, 0.15) is 0 Å². The molecule has 1 N–H and O–H groups in total. The van der Waals surface area contributed by atoms with Crippen LogP contribution in [0.3, 0.4) is 0 Å². The second-order valence-electron chi connectivity index (χ2n) is 3.18. The molecule has 17 heavy (non-hydrogen) atoms. The minimum atomic E-state index is -0.532. The van der Waals surface area contributed by atoms with Crippen LogP contribution >= 0.6 is 22.9 Å². The summed E-state index contributed by atoms with van der Waals surface area (Å²) in [4.78, 5) is 21.9. The fraction of sp³-hybridized carbons (Fsp3) is 0.444. The van der Waals surface area contributed by atoms with Crippen molar-refractivity contribution in [1.29, 1.82) is 0 Å². The van der Waals surface area contributed by atoms with Gasteiger partial charge in [-0.05, 0) is 6.07 Å². The lowest BCUT2D eigenvalue weighted by Gasteiger charge is -2.13. The maximum atomic E-state index is 11.7. The van der Waals surface area contributed by atoms with Crippen molar-refractivity contribution < 1.29 is 14.5 Å². The first kappa shape index (κ1) is 13.9. The van der Waals surface area contributed by atoms with Gasteiger partial charge >= 0.3 is 5.00 Å². The summed E-state index contributed by atoms with van der Waals surface area (Å²) >= 11 is 6.46. The van der Waals surface area contributed by atoms with Crippen LogP contribution in [0.5, 0.6) is 0 Å². The van der Waals surface area contributed by atoms with E-state index in [-0.39, 0.29) is 27.7 Å². The molecule has 1 unspecified atom stereocenters. The zero-order valence-corrected chi connectivity index (χ0v) is 10.6. The third-order valence-corrected chi connectivity index (χ3v) is 3.29. The van der Waals surface area contributed by atoms with E-state index >= 15 is 0 Å². The Balaban J connectivity index is 2.65. The van der Waals surface area contributed by atoms with Gasteiger partial charge in [-0.25, -0.2) is 0 Å². The predicted octanol–water partition coefficient (Wildman–Crippen LogP) is 1.64. The molecule has 1 atom stereocenters. The molecule has 0 saturated carbocycles. The zero-order valence-electron chi connectivity index (χ0n) is 9.01. The van der Waals surface area contributed by atoms with Gasteiger partial charge in [-0.15, -0.1) is 11.6 Å². The summed E-state index contributed by atoms with van der Waals surface area (Å²) in [5.74, 6) is -0.168. The Labute approximate surface area is 107 Å². The van der Waals surface area contributed by atoms with Gasteiger partial charge in [0.05, 0.1) is 22.4 Å². The first-order valence-electron chi connectivity index (χ1n) is 4.68. The third-order valence-electron chi connectivity index (χ3n) is 1.88. The van der Waals surface area contributed by atoms with Crippen LogP contribution in [-0.4, -0.2) is 36.5 Å². The lowest BCUT2D eigenvalue weighted by atomic mass is 10.3. The largest absolute Gasteiger partial charge is 0.383 e. The third kappa shape index (κ3) is 3.95. The molecule has 1 heterocycles. The van der Waals surface area contributed by atoms with Crippen LogP contribution in [-0.2, 0) is 4.74 Å². The van der Waals surface area contributed by atoms with Gasteiger partial charge in [0.15, 0.2) is 0 Å². The van der Waals surface area contributed by atoms with Gasteiger partial charge in [-0.2, -0.15) is 0 Å². The van der Waals surface area contributed by atoms with E-state index in [2.05, 4.69) is 5.32 Å². The van der Waals surface area contributed by atoms with E-state index in [0.717, 1.165) is 11.3 Å². The number of alkyl halides is 1. The van der Waals surface area contributed by atoms with Gasteiger partial charge in [0.2, 0.25) is 0 Å². The van der Waals surface area contributed by atoms with E-state index in [1.54, 1.807) is 0 Å². The Morgan fingerprint density at radius 2 is 2.41 bits per heavy atom. The minimum Gasteiger partial charge on any atom is -0.383 e. The summed E-state index contributed by atoms with van der Waals surface area (Å²) in [5.41, 5.74) is 0. The molecule has 94 valence electrons. The van der Waals surface area contributed by atoms with Crippen LogP contribution in [0.15, 0.2) is 12.1 Å². The minimum absolute atomic E-state index is 0.0654. The monoisotopic (exact) mass is 278 g/mol. The predicted molar refractivity (Wildman–Crippen MR) is 64.8 cm³/mol. The van der Waals surface area contributed by atoms with Crippen LogP contribution < -0.4 is 5.32 Å². The van der Waals surface area contributed by atoms with Gasteiger partial charge < -0.3 is 10.1 Å². The number of nitrogens with one attached hydrogen (secondary N) is 1. The molecule has 0 aromatic carbocycles. The molecule has 0 fully saturated rings. The van der Waals surface area contributed by atoms with Crippen molar-refractivity contribution in [3.05, 3.63) is 27.1 Å². The number of hydrogen-bond donors (Lipinski definition) is 1. The van der Waals surface area contributed by atoms with Crippen molar-refractivity contribution in [2.45, 2.75) is 6.04 Å². The fourth-order valence-electron chi connectivity index (χ4n) is 1.13. The van der Waals surface area contributed by atoms with Crippen molar-refractivity contribution in [2.75, 3.05) is 19.6 Å². The van der Waals surface area contributed by atoms with Crippen LogP contribution in [0.1, 0.15) is 9.67 Å². The molecule has 0 radical (unpaired) electrons. The van der Waals surface area contributed by atoms with Crippen molar-refractivity contribution >= 4 is 33.8 Å². The van der Waals surface area contributed by atoms with E-state index in [1.165, 1.54) is 19.2 Å². The number of methoxy groups -OCH3 is 1. The summed E-state index contributed by atoms with van der Waals surface area (Å²) in [6, 6.07) is 2.40. The normalized spacial score (nSPS) is 12.1. The molecule has 0 aliphatic carbocycles. The van der Waals surface area contributed by atoms with Crippen molar-refractivity contribution in [1.82, 2.24) is 5.32 Å². The molecular weight excluding hydrogens is 268 g/mol. The first-order valence-corrected chi connectivity index (χ1v) is 6.03. The summed E-state index contributed by atoms with van der Waals surface area (Å²) in [7, 11) is 1.50. The highest BCUT2D eigenvalue weighted by Crippen LogP contribution is 2.23. The summed E-state index contributed by atoms with van der Waals surface area (Å²) < 4.78 is 4.87. The molecule has 1 aromatic heterocycles. The molecule has 0 saturated heterocycles. The number of nitrogens with zero attached hydrogens (tertiary/aromatic N) is 1. The molecule has 8 heteroatoms. The lowest BCUT2D eigenvalue weighted by molar-refractivity contribution is -0.380. The van der Waals surface area contributed by atoms with E-state index in [1.807, 2.05) is 0 Å². The lowest BCUT2D eigenvalue weighted by Crippen LogP contribution is -2.39. The zero-order chi connectivity index (χ0) is 12.8. The maximum absolute atomic E-state index is 11.7. The Kier molecular flexibility index (Phi) is 5.33. The number of carbonyl (C=O) groups excluding carboxylic acids is 1. The maximum Gasteiger partial charge on any atom is 0.324 e. The number of hydrogen-bond acceptors (Lipinski definition) is 5. The Bertz CT molecular complexity index is 409. The van der Waals surface area contributed by atoms with E-state index in [4.69, 9.17) is 16.3 Å². The number of ether oxygens (including phenoxy) is 1. The SMILES string of the molecule is COCC(CCl)NC(=O)c1ccc([N+](=O)[O-])s1. The quantitative estimate of drug-likeness (QED) is 0.487. The second-order valence-corrected chi connectivity index (χ2v) is 4.55. The highest BCUT2D eigenvalue weighted by atomic mass is 35.5. The molecular formula is C9H11ClN2O4S. The van der Waals surface area contributed by atoms with Crippen molar-refractivity contribution in [2.24, 2.45) is 0 Å². The molecule has 0 spiro atoms. The standard InChI is InChI=1S/C9H11ClN2O4S/c1-16-5-6(4-10)11-9(13)7-2-3-8(17-7)12(14)15/h2-3,6H,4-5H2,1H3,(H,11,13). The first-order chi connectivity index (χ1) is 8.08. The average molecular weight is 279 g/mol. The van der Waals surface area contributed by atoms with Crippen molar-refractivity contribution in [3.8, 4) is 0 Å². The average Bonchev–Trinajstić information content (AvgIpc) is 2.77. The van der Waals surface area contributed by atoms with E-state index in [9.17, 15) is 14.9 Å². The number of nitro groups is 1.